The van der Waals surface area contributed by atoms with Crippen molar-refractivity contribution in [3.05, 3.63) is 28.5 Å². The molecule has 0 atom stereocenters. The van der Waals surface area contributed by atoms with Crippen molar-refractivity contribution >= 4 is 40.0 Å². The van der Waals surface area contributed by atoms with Crippen LogP contribution in [0.15, 0.2) is 18.5 Å². The Morgan fingerprint density at radius 1 is 0.966 bits per heavy atom. The van der Waals surface area contributed by atoms with Gasteiger partial charge in [-0.15, -0.1) is 0 Å². The van der Waals surface area contributed by atoms with Crippen molar-refractivity contribution in [3.63, 3.8) is 0 Å². The minimum atomic E-state index is -0.0246. The van der Waals surface area contributed by atoms with Gasteiger partial charge < -0.3 is 9.64 Å². The van der Waals surface area contributed by atoms with Gasteiger partial charge in [-0.2, -0.15) is 0 Å². The van der Waals surface area contributed by atoms with Crippen LogP contribution < -0.4 is 4.74 Å². The van der Waals surface area contributed by atoms with Crippen molar-refractivity contribution in [1.29, 1.82) is 0 Å². The third-order valence-electron chi connectivity index (χ3n) is 6.18. The lowest BCUT2D eigenvalue weighted by atomic mass is 9.88. The highest BCUT2D eigenvalue weighted by molar-refractivity contribution is 6.38. The Morgan fingerprint density at radius 2 is 1.59 bits per heavy atom. The first-order valence-corrected chi connectivity index (χ1v) is 11.4. The van der Waals surface area contributed by atoms with Crippen molar-refractivity contribution < 1.29 is 9.53 Å². The molecule has 1 heterocycles. The zero-order chi connectivity index (χ0) is 20.2. The largest absolute Gasteiger partial charge is 0.467 e. The molecule has 2 aliphatic rings. The SMILES string of the molecule is O=C(COc1ncnc2c(Cl)cc(Cl)cc12)N(C1CCCCC1)C1CCCCC1. The van der Waals surface area contributed by atoms with Crippen molar-refractivity contribution in [2.45, 2.75) is 76.3 Å². The van der Waals surface area contributed by atoms with E-state index in [-0.39, 0.29) is 12.5 Å². The highest BCUT2D eigenvalue weighted by atomic mass is 35.5. The maximum Gasteiger partial charge on any atom is 0.261 e. The summed E-state index contributed by atoms with van der Waals surface area (Å²) in [7, 11) is 0. The topological polar surface area (TPSA) is 55.3 Å². The highest BCUT2D eigenvalue weighted by Gasteiger charge is 2.32. The zero-order valence-corrected chi connectivity index (χ0v) is 18.1. The molecule has 0 aliphatic heterocycles. The van der Waals surface area contributed by atoms with E-state index in [0.717, 1.165) is 25.7 Å². The van der Waals surface area contributed by atoms with Crippen molar-refractivity contribution in [2.75, 3.05) is 6.61 Å². The zero-order valence-electron chi connectivity index (χ0n) is 16.6. The lowest BCUT2D eigenvalue weighted by Crippen LogP contribution is -2.50. The van der Waals surface area contributed by atoms with E-state index < -0.39 is 0 Å². The highest BCUT2D eigenvalue weighted by Crippen LogP contribution is 2.32. The summed E-state index contributed by atoms with van der Waals surface area (Å²) < 4.78 is 5.89. The van der Waals surface area contributed by atoms with Gasteiger partial charge in [-0.05, 0) is 37.8 Å². The first kappa shape index (κ1) is 20.7. The Hall–Kier alpha value is -1.59. The number of benzene rings is 1. The third-order valence-corrected chi connectivity index (χ3v) is 6.68. The van der Waals surface area contributed by atoms with E-state index in [9.17, 15) is 4.79 Å². The normalized spacial score (nSPS) is 18.7. The van der Waals surface area contributed by atoms with E-state index in [0.29, 0.717) is 38.9 Å². The number of aromatic nitrogens is 2. The van der Waals surface area contributed by atoms with Crippen LogP contribution in [0.4, 0.5) is 0 Å². The number of carbonyl (C=O) groups is 1. The van der Waals surface area contributed by atoms with Gasteiger partial charge in [-0.1, -0.05) is 61.7 Å². The van der Waals surface area contributed by atoms with Gasteiger partial charge in [0, 0.05) is 17.1 Å². The van der Waals surface area contributed by atoms with Gasteiger partial charge in [0.1, 0.15) is 6.33 Å². The number of carbonyl (C=O) groups excluding carboxylic acids is 1. The summed E-state index contributed by atoms with van der Waals surface area (Å²) in [5.74, 6) is 0.406. The fourth-order valence-corrected chi connectivity index (χ4v) is 5.35. The maximum absolute atomic E-state index is 13.3. The Kier molecular flexibility index (Phi) is 6.76. The number of fused-ring (bicyclic) bond motifs is 1. The first-order valence-electron chi connectivity index (χ1n) is 10.7. The molecule has 156 valence electrons. The molecule has 1 aromatic carbocycles. The Morgan fingerprint density at radius 3 is 2.21 bits per heavy atom. The minimum Gasteiger partial charge on any atom is -0.467 e. The second kappa shape index (κ2) is 9.48. The number of nitrogens with zero attached hydrogens (tertiary/aromatic N) is 3. The average Bonchev–Trinajstić information content (AvgIpc) is 2.74. The summed E-state index contributed by atoms with van der Waals surface area (Å²) in [5, 5.41) is 1.55. The van der Waals surface area contributed by atoms with E-state index in [1.807, 2.05) is 0 Å². The van der Waals surface area contributed by atoms with Crippen LogP contribution in [-0.4, -0.2) is 39.5 Å². The number of ether oxygens (including phenoxy) is 1. The van der Waals surface area contributed by atoms with Crippen LogP contribution in [0, 0.1) is 0 Å². The van der Waals surface area contributed by atoms with E-state index in [1.54, 1.807) is 12.1 Å². The molecule has 0 radical (unpaired) electrons. The molecule has 0 spiro atoms. The van der Waals surface area contributed by atoms with E-state index in [2.05, 4.69) is 14.9 Å². The van der Waals surface area contributed by atoms with Crippen LogP contribution in [0.3, 0.4) is 0 Å². The second-order valence-electron chi connectivity index (χ2n) is 8.14. The van der Waals surface area contributed by atoms with Gasteiger partial charge >= 0.3 is 0 Å². The third kappa shape index (κ3) is 4.77. The van der Waals surface area contributed by atoms with Crippen LogP contribution in [0.5, 0.6) is 5.88 Å². The molecular weight excluding hydrogens is 409 g/mol. The van der Waals surface area contributed by atoms with Crippen LogP contribution in [-0.2, 0) is 4.79 Å². The predicted octanol–water partition coefficient (Wildman–Crippen LogP) is 5.81. The van der Waals surface area contributed by atoms with Gasteiger partial charge in [-0.3, -0.25) is 4.79 Å². The quantitative estimate of drug-likeness (QED) is 0.594. The van der Waals surface area contributed by atoms with Crippen molar-refractivity contribution in [2.24, 2.45) is 0 Å². The number of amides is 1. The maximum atomic E-state index is 13.3. The molecule has 2 aromatic rings. The summed E-state index contributed by atoms with van der Waals surface area (Å²) in [5.41, 5.74) is 0.574. The van der Waals surface area contributed by atoms with Crippen LogP contribution in [0.25, 0.3) is 10.9 Å². The number of hydrogen-bond donors (Lipinski definition) is 0. The minimum absolute atomic E-state index is 0.0246. The number of hydrogen-bond acceptors (Lipinski definition) is 4. The van der Waals surface area contributed by atoms with Crippen LogP contribution in [0.2, 0.25) is 10.0 Å². The molecule has 2 fully saturated rings. The molecule has 7 heteroatoms. The summed E-state index contributed by atoms with van der Waals surface area (Å²) >= 11 is 12.4. The van der Waals surface area contributed by atoms with Crippen LogP contribution >= 0.6 is 23.2 Å². The van der Waals surface area contributed by atoms with Crippen molar-refractivity contribution in [3.8, 4) is 5.88 Å². The molecule has 0 unspecified atom stereocenters. The van der Waals surface area contributed by atoms with E-state index in [1.165, 1.54) is 44.9 Å². The molecule has 4 rings (SSSR count). The standard InChI is InChI=1S/C22H27Cl2N3O2/c23-15-11-18-21(19(24)12-15)25-14-26-22(18)29-13-20(28)27(16-7-3-1-4-8-16)17-9-5-2-6-10-17/h11-12,14,16-17H,1-10,13H2. The Labute approximate surface area is 181 Å². The Bertz CT molecular complexity index is 847. The van der Waals surface area contributed by atoms with Gasteiger partial charge in [0.05, 0.1) is 15.9 Å². The average molecular weight is 436 g/mol. The molecule has 5 nitrogen and oxygen atoms in total. The van der Waals surface area contributed by atoms with Gasteiger partial charge in [0.15, 0.2) is 6.61 Å². The smallest absolute Gasteiger partial charge is 0.261 e. The molecule has 0 bridgehead atoms. The van der Waals surface area contributed by atoms with Gasteiger partial charge in [-0.25, -0.2) is 9.97 Å². The van der Waals surface area contributed by atoms with Gasteiger partial charge in [0.2, 0.25) is 5.88 Å². The summed E-state index contributed by atoms with van der Waals surface area (Å²) in [4.78, 5) is 23.9. The molecule has 2 saturated carbocycles. The van der Waals surface area contributed by atoms with Crippen LogP contribution in [0.1, 0.15) is 64.2 Å². The summed E-state index contributed by atoms with van der Waals surface area (Å²) in [6.45, 7) is -0.0246. The molecule has 1 amide bonds. The second-order valence-corrected chi connectivity index (χ2v) is 8.98. The Balaban J connectivity index is 1.52. The molecule has 2 aliphatic carbocycles. The molecule has 0 saturated heterocycles. The van der Waals surface area contributed by atoms with E-state index in [4.69, 9.17) is 27.9 Å². The summed E-state index contributed by atoms with van der Waals surface area (Å²) in [6, 6.07) is 4.05. The molecule has 0 N–H and O–H groups in total. The van der Waals surface area contributed by atoms with Gasteiger partial charge in [0.25, 0.3) is 5.91 Å². The van der Waals surface area contributed by atoms with E-state index >= 15 is 0 Å². The summed E-state index contributed by atoms with van der Waals surface area (Å²) in [6.07, 6.45) is 13.2. The lowest BCUT2D eigenvalue weighted by Gasteiger charge is -2.41. The predicted molar refractivity (Wildman–Crippen MR) is 116 cm³/mol. The van der Waals surface area contributed by atoms with Crippen molar-refractivity contribution in [1.82, 2.24) is 14.9 Å². The first-order chi connectivity index (χ1) is 14.1. The fourth-order valence-electron chi connectivity index (χ4n) is 4.81. The number of rotatable bonds is 5. The molecule has 1 aromatic heterocycles. The molecular formula is C22H27Cl2N3O2. The lowest BCUT2D eigenvalue weighted by molar-refractivity contribution is -0.140. The fraction of sp³-hybridized carbons (Fsp3) is 0.591. The molecule has 29 heavy (non-hydrogen) atoms. The monoisotopic (exact) mass is 435 g/mol. The number of halogens is 2.